The second-order valence-electron chi connectivity index (χ2n) is 11.5. The first-order valence-corrected chi connectivity index (χ1v) is 13.8. The molecule has 42 heavy (non-hydrogen) atoms. The van der Waals surface area contributed by atoms with Crippen molar-refractivity contribution in [3.8, 4) is 5.75 Å². The summed E-state index contributed by atoms with van der Waals surface area (Å²) < 4.78 is 26.0. The highest BCUT2D eigenvalue weighted by atomic mass is 35.5. The molecule has 1 aliphatic rings. The fourth-order valence-electron chi connectivity index (χ4n) is 4.48. The normalized spacial score (nSPS) is 18.6. The Morgan fingerprint density at radius 1 is 1.02 bits per heavy atom. The van der Waals surface area contributed by atoms with E-state index in [1.165, 1.54) is 19.1 Å². The molecule has 4 atom stereocenters. The van der Waals surface area contributed by atoms with Crippen molar-refractivity contribution in [2.75, 3.05) is 0 Å². The SMILES string of the molecule is CC(=O)c1ccc2c(c1)[C@H](NC(=O)c1ccc(F)c(Cl)c1)[C@H](OC(=O)[C@@H](NC(=O)[C@@H](N)C(C)C)C(C)C)C(C)(C)O2.Cl. The molecule has 12 heteroatoms. The quantitative estimate of drug-likeness (QED) is 0.269. The van der Waals surface area contributed by atoms with E-state index < -0.39 is 53.4 Å². The molecule has 1 aliphatic heterocycles. The van der Waals surface area contributed by atoms with Gasteiger partial charge in [0, 0.05) is 16.7 Å². The number of ketones is 1. The number of carbonyl (C=O) groups excluding carboxylic acids is 4. The van der Waals surface area contributed by atoms with Crippen molar-refractivity contribution >= 4 is 47.6 Å². The van der Waals surface area contributed by atoms with Crippen molar-refractivity contribution in [2.24, 2.45) is 17.6 Å². The van der Waals surface area contributed by atoms with Crippen molar-refractivity contribution in [2.45, 2.75) is 78.3 Å². The first-order chi connectivity index (χ1) is 19.0. The van der Waals surface area contributed by atoms with Gasteiger partial charge in [-0.1, -0.05) is 39.3 Å². The number of fused-ring (bicyclic) bond motifs is 1. The van der Waals surface area contributed by atoms with Gasteiger partial charge in [-0.15, -0.1) is 12.4 Å². The zero-order valence-electron chi connectivity index (χ0n) is 24.6. The molecule has 0 saturated carbocycles. The van der Waals surface area contributed by atoms with Gasteiger partial charge >= 0.3 is 5.97 Å². The second-order valence-corrected chi connectivity index (χ2v) is 11.9. The van der Waals surface area contributed by atoms with Crippen LogP contribution in [-0.4, -0.2) is 47.4 Å². The molecule has 2 aromatic carbocycles. The number of esters is 1. The molecule has 2 amide bonds. The summed E-state index contributed by atoms with van der Waals surface area (Å²) in [4.78, 5) is 51.8. The topological polar surface area (TPSA) is 137 Å². The molecule has 230 valence electrons. The third kappa shape index (κ3) is 7.79. The number of nitrogens with one attached hydrogen (secondary N) is 2. The Bertz CT molecular complexity index is 1350. The third-order valence-corrected chi connectivity index (χ3v) is 7.35. The highest BCUT2D eigenvalue weighted by molar-refractivity contribution is 6.31. The number of hydrogen-bond acceptors (Lipinski definition) is 7. The molecule has 0 bridgehead atoms. The maximum absolute atomic E-state index is 13.8. The largest absolute Gasteiger partial charge is 0.484 e. The summed E-state index contributed by atoms with van der Waals surface area (Å²) in [5, 5.41) is 5.32. The average Bonchev–Trinajstić information content (AvgIpc) is 2.88. The van der Waals surface area contributed by atoms with Gasteiger partial charge in [0.1, 0.15) is 23.2 Å². The van der Waals surface area contributed by atoms with Crippen LogP contribution in [0.15, 0.2) is 36.4 Å². The molecule has 0 fully saturated rings. The third-order valence-electron chi connectivity index (χ3n) is 7.06. The number of ether oxygens (including phenoxy) is 2. The molecular formula is C30H38Cl2FN3O6. The number of halogens is 3. The summed E-state index contributed by atoms with van der Waals surface area (Å²) in [6.07, 6.45) is -1.11. The monoisotopic (exact) mass is 625 g/mol. The van der Waals surface area contributed by atoms with Gasteiger partial charge in [0.2, 0.25) is 5.91 Å². The van der Waals surface area contributed by atoms with E-state index in [2.05, 4.69) is 10.6 Å². The summed E-state index contributed by atoms with van der Waals surface area (Å²) in [5.41, 5.74) is 5.66. The molecule has 2 aromatic rings. The van der Waals surface area contributed by atoms with Crippen molar-refractivity contribution in [3.05, 3.63) is 63.9 Å². The fourth-order valence-corrected chi connectivity index (χ4v) is 4.66. The van der Waals surface area contributed by atoms with E-state index in [1.807, 2.05) is 0 Å². The van der Waals surface area contributed by atoms with E-state index in [0.717, 1.165) is 6.07 Å². The van der Waals surface area contributed by atoms with Crippen LogP contribution in [0, 0.1) is 17.7 Å². The first kappa shape index (κ1) is 35.0. The lowest BCUT2D eigenvalue weighted by Gasteiger charge is -2.44. The van der Waals surface area contributed by atoms with E-state index >= 15 is 0 Å². The van der Waals surface area contributed by atoms with Crippen LogP contribution in [0.4, 0.5) is 4.39 Å². The minimum absolute atomic E-state index is 0. The van der Waals surface area contributed by atoms with Crippen LogP contribution >= 0.6 is 24.0 Å². The number of amides is 2. The Morgan fingerprint density at radius 2 is 1.64 bits per heavy atom. The van der Waals surface area contributed by atoms with Gasteiger partial charge < -0.3 is 25.8 Å². The lowest BCUT2D eigenvalue weighted by atomic mass is 9.85. The van der Waals surface area contributed by atoms with Gasteiger partial charge in [0.15, 0.2) is 11.9 Å². The lowest BCUT2D eigenvalue weighted by molar-refractivity contribution is -0.169. The van der Waals surface area contributed by atoms with Crippen LogP contribution in [0.3, 0.4) is 0 Å². The number of Topliss-reactive ketones (excluding diaryl/α,β-unsaturated/α-hetero) is 1. The molecule has 1 heterocycles. The molecule has 3 rings (SSSR count). The molecule has 0 spiro atoms. The van der Waals surface area contributed by atoms with Crippen LogP contribution in [-0.2, 0) is 14.3 Å². The van der Waals surface area contributed by atoms with Crippen LogP contribution < -0.4 is 21.1 Å². The maximum atomic E-state index is 13.8. The minimum atomic E-state index is -1.17. The van der Waals surface area contributed by atoms with Crippen LogP contribution in [0.5, 0.6) is 5.75 Å². The van der Waals surface area contributed by atoms with E-state index in [-0.39, 0.29) is 40.6 Å². The Labute approximate surface area is 256 Å². The van der Waals surface area contributed by atoms with Gasteiger partial charge in [-0.3, -0.25) is 14.4 Å². The summed E-state index contributed by atoms with van der Waals surface area (Å²) in [5.74, 6) is -2.90. The zero-order valence-corrected chi connectivity index (χ0v) is 26.2. The zero-order chi connectivity index (χ0) is 30.8. The fraction of sp³-hybridized carbons (Fsp3) is 0.467. The molecule has 4 N–H and O–H groups in total. The molecule has 0 aliphatic carbocycles. The summed E-state index contributed by atoms with van der Waals surface area (Å²) in [6.45, 7) is 11.9. The van der Waals surface area contributed by atoms with Crippen LogP contribution in [0.25, 0.3) is 0 Å². The second kappa shape index (κ2) is 13.8. The first-order valence-electron chi connectivity index (χ1n) is 13.4. The molecule has 0 unspecified atom stereocenters. The molecule has 9 nitrogen and oxygen atoms in total. The Hall–Kier alpha value is -3.21. The van der Waals surface area contributed by atoms with E-state index in [1.54, 1.807) is 59.7 Å². The van der Waals surface area contributed by atoms with Crippen LogP contribution in [0.1, 0.15) is 80.8 Å². The molecular weight excluding hydrogens is 588 g/mol. The van der Waals surface area contributed by atoms with E-state index in [4.69, 9.17) is 26.8 Å². The Kier molecular flexibility index (Phi) is 11.5. The predicted octanol–water partition coefficient (Wildman–Crippen LogP) is 4.78. The standard InChI is InChI=1S/C30H37ClFN3O6.ClH/c1-14(2)23(33)28(38)34-24(15(3)4)29(39)40-26-25(35-27(37)18-8-10-21(32)20(31)13-18)19-12-17(16(5)36)9-11-22(19)41-30(26,6)7;/h8-15,23-26H,33H2,1-7H3,(H,34,38)(H,35,37);1H/t23-,24-,25-,26-;/m0./s1. The maximum Gasteiger partial charge on any atom is 0.329 e. The molecule has 0 saturated heterocycles. The van der Waals surface area contributed by atoms with Crippen molar-refractivity contribution < 1.29 is 33.0 Å². The Balaban J connectivity index is 0.00000616. The highest BCUT2D eigenvalue weighted by Gasteiger charge is 2.48. The number of benzene rings is 2. The summed E-state index contributed by atoms with van der Waals surface area (Å²) >= 11 is 5.90. The van der Waals surface area contributed by atoms with Gasteiger partial charge in [0.25, 0.3) is 5.91 Å². The van der Waals surface area contributed by atoms with Gasteiger partial charge in [-0.05, 0) is 69.0 Å². The number of nitrogens with two attached hydrogens (primary N) is 1. The number of carbonyl (C=O) groups is 4. The van der Waals surface area contributed by atoms with Crippen molar-refractivity contribution in [1.29, 1.82) is 0 Å². The molecule has 0 radical (unpaired) electrons. The van der Waals surface area contributed by atoms with E-state index in [9.17, 15) is 23.6 Å². The van der Waals surface area contributed by atoms with Gasteiger partial charge in [-0.25, -0.2) is 9.18 Å². The van der Waals surface area contributed by atoms with Crippen molar-refractivity contribution in [3.63, 3.8) is 0 Å². The molecule has 0 aromatic heterocycles. The smallest absolute Gasteiger partial charge is 0.329 e. The average molecular weight is 627 g/mol. The Morgan fingerprint density at radius 3 is 2.19 bits per heavy atom. The van der Waals surface area contributed by atoms with Gasteiger partial charge in [-0.2, -0.15) is 0 Å². The number of hydrogen-bond donors (Lipinski definition) is 3. The summed E-state index contributed by atoms with van der Waals surface area (Å²) in [7, 11) is 0. The minimum Gasteiger partial charge on any atom is -0.484 e. The van der Waals surface area contributed by atoms with E-state index in [0.29, 0.717) is 16.9 Å². The lowest BCUT2D eigenvalue weighted by Crippen LogP contribution is -2.58. The summed E-state index contributed by atoms with van der Waals surface area (Å²) in [6, 6.07) is 5.46. The predicted molar refractivity (Wildman–Crippen MR) is 159 cm³/mol. The van der Waals surface area contributed by atoms with Crippen molar-refractivity contribution in [1.82, 2.24) is 10.6 Å². The van der Waals surface area contributed by atoms with Gasteiger partial charge in [0.05, 0.1) is 17.1 Å². The highest BCUT2D eigenvalue weighted by Crippen LogP contribution is 2.42. The number of rotatable bonds is 9. The van der Waals surface area contributed by atoms with Crippen LogP contribution in [0.2, 0.25) is 5.02 Å².